The third kappa shape index (κ3) is 9.03. The lowest BCUT2D eigenvalue weighted by molar-refractivity contribution is -0.139. The maximum atomic E-state index is 11.1. The molecule has 200 valence electrons. The van der Waals surface area contributed by atoms with Gasteiger partial charge in [0.1, 0.15) is 17.1 Å². The molecule has 1 aliphatic rings. The zero-order chi connectivity index (χ0) is 26.2. The Kier molecular flexibility index (Phi) is 11.4. The van der Waals surface area contributed by atoms with Crippen molar-refractivity contribution in [1.82, 2.24) is 0 Å². The third-order valence-corrected chi connectivity index (χ3v) is 8.18. The summed E-state index contributed by atoms with van der Waals surface area (Å²) in [5.74, 6) is 3.08. The number of benzene rings is 1. The van der Waals surface area contributed by atoms with E-state index < -0.39 is 5.97 Å². The van der Waals surface area contributed by atoms with Crippen LogP contribution in [0.3, 0.4) is 0 Å². The molecule has 1 aliphatic heterocycles. The third-order valence-electron chi connectivity index (χ3n) is 8.18. The average molecular weight is 489 g/mol. The van der Waals surface area contributed by atoms with Gasteiger partial charge in [-0.15, -0.1) is 0 Å². The van der Waals surface area contributed by atoms with E-state index in [-0.39, 0.29) is 12.2 Å². The van der Waals surface area contributed by atoms with Crippen LogP contribution in [0.2, 0.25) is 0 Å². The number of carboxylic acids is 1. The van der Waals surface area contributed by atoms with Crippen LogP contribution in [0.1, 0.15) is 121 Å². The number of ether oxygens (including phenoxy) is 2. The molecule has 4 nitrogen and oxygen atoms in total. The molecule has 0 saturated heterocycles. The minimum Gasteiger partial charge on any atom is -0.487 e. The van der Waals surface area contributed by atoms with E-state index in [1.165, 1.54) is 62.5 Å². The maximum Gasteiger partial charge on any atom is 0.341 e. The SMILES string of the molecule is Cc1c(C)c(OCC(=O)O)c(C)c2c1CCC(C)(CCCC(C)CCCC(C)CCCC(C)C)O2. The molecule has 3 unspecified atom stereocenters. The molecule has 0 amide bonds. The van der Waals surface area contributed by atoms with Gasteiger partial charge in [0.05, 0.1) is 0 Å². The van der Waals surface area contributed by atoms with Gasteiger partial charge in [0.15, 0.2) is 6.61 Å². The first-order valence-corrected chi connectivity index (χ1v) is 14.1. The first-order valence-electron chi connectivity index (χ1n) is 14.1. The number of hydrogen-bond acceptors (Lipinski definition) is 3. The van der Waals surface area contributed by atoms with Gasteiger partial charge in [0.2, 0.25) is 0 Å². The quantitative estimate of drug-likeness (QED) is 0.268. The van der Waals surface area contributed by atoms with Crippen LogP contribution < -0.4 is 9.47 Å². The van der Waals surface area contributed by atoms with Gasteiger partial charge in [-0.3, -0.25) is 0 Å². The Labute approximate surface area is 215 Å². The average Bonchev–Trinajstić information content (AvgIpc) is 2.77. The fourth-order valence-corrected chi connectivity index (χ4v) is 5.63. The predicted octanol–water partition coefficient (Wildman–Crippen LogP) is 8.60. The van der Waals surface area contributed by atoms with Crippen molar-refractivity contribution in [2.24, 2.45) is 17.8 Å². The Morgan fingerprint density at radius 3 is 2.06 bits per heavy atom. The van der Waals surface area contributed by atoms with Gasteiger partial charge in [-0.05, 0) is 87.8 Å². The predicted molar refractivity (Wildman–Crippen MR) is 146 cm³/mol. The van der Waals surface area contributed by atoms with Gasteiger partial charge >= 0.3 is 5.97 Å². The van der Waals surface area contributed by atoms with E-state index in [9.17, 15) is 4.79 Å². The fraction of sp³-hybridized carbons (Fsp3) is 0.774. The van der Waals surface area contributed by atoms with Crippen LogP contribution in [0, 0.1) is 38.5 Å². The molecule has 1 aromatic rings. The second kappa shape index (κ2) is 13.6. The standard InChI is InChI=1S/C31H52O4/c1-21(2)12-9-13-22(3)14-10-15-23(4)16-11-18-31(8)19-17-27-24(5)25(6)29(34-20-28(32)33)26(7)30(27)35-31/h21-23H,9-20H2,1-8H3,(H,32,33). The number of aliphatic carboxylic acids is 1. The Balaban J connectivity index is 1.84. The summed E-state index contributed by atoms with van der Waals surface area (Å²) in [4.78, 5) is 11.1. The zero-order valence-electron chi connectivity index (χ0n) is 23.9. The highest BCUT2D eigenvalue weighted by atomic mass is 16.5. The summed E-state index contributed by atoms with van der Waals surface area (Å²) >= 11 is 0. The smallest absolute Gasteiger partial charge is 0.341 e. The van der Waals surface area contributed by atoms with Gasteiger partial charge < -0.3 is 14.6 Å². The molecule has 1 heterocycles. The molecule has 35 heavy (non-hydrogen) atoms. The summed E-state index contributed by atoms with van der Waals surface area (Å²) in [5, 5.41) is 9.07. The molecule has 0 aliphatic carbocycles. The number of hydrogen-bond donors (Lipinski definition) is 1. The van der Waals surface area contributed by atoms with Crippen molar-refractivity contribution in [3.05, 3.63) is 22.3 Å². The maximum absolute atomic E-state index is 11.1. The molecular formula is C31H52O4. The van der Waals surface area contributed by atoms with Crippen molar-refractivity contribution in [2.75, 3.05) is 6.61 Å². The van der Waals surface area contributed by atoms with Crippen molar-refractivity contribution in [3.63, 3.8) is 0 Å². The summed E-state index contributed by atoms with van der Waals surface area (Å²) in [6.07, 6.45) is 13.7. The van der Waals surface area contributed by atoms with Crippen molar-refractivity contribution in [2.45, 2.75) is 132 Å². The highest BCUT2D eigenvalue weighted by molar-refractivity contribution is 5.69. The second-order valence-corrected chi connectivity index (χ2v) is 12.1. The monoisotopic (exact) mass is 488 g/mol. The Morgan fingerprint density at radius 1 is 0.914 bits per heavy atom. The van der Waals surface area contributed by atoms with E-state index in [1.54, 1.807) is 0 Å². The van der Waals surface area contributed by atoms with Crippen molar-refractivity contribution < 1.29 is 19.4 Å². The Bertz CT molecular complexity index is 828. The molecule has 2 rings (SSSR count). The first-order chi connectivity index (χ1) is 16.4. The van der Waals surface area contributed by atoms with Gasteiger partial charge in [0.25, 0.3) is 0 Å². The number of carboxylic acid groups (broad SMARTS) is 1. The van der Waals surface area contributed by atoms with E-state index >= 15 is 0 Å². The van der Waals surface area contributed by atoms with Crippen LogP contribution in [0.5, 0.6) is 11.5 Å². The van der Waals surface area contributed by atoms with E-state index in [0.717, 1.165) is 53.9 Å². The van der Waals surface area contributed by atoms with Crippen molar-refractivity contribution in [3.8, 4) is 11.5 Å². The minimum atomic E-state index is -0.959. The lowest BCUT2D eigenvalue weighted by Gasteiger charge is -2.38. The van der Waals surface area contributed by atoms with Crippen LogP contribution in [0.15, 0.2) is 0 Å². The van der Waals surface area contributed by atoms with Crippen LogP contribution in [0.25, 0.3) is 0 Å². The largest absolute Gasteiger partial charge is 0.487 e. The number of rotatable bonds is 15. The molecule has 0 fully saturated rings. The minimum absolute atomic E-state index is 0.172. The molecule has 0 aromatic heterocycles. The molecule has 1 N–H and O–H groups in total. The first kappa shape index (κ1) is 29.5. The van der Waals surface area contributed by atoms with E-state index in [2.05, 4.69) is 41.5 Å². The van der Waals surface area contributed by atoms with Gasteiger partial charge in [-0.25, -0.2) is 4.79 Å². The molecule has 0 radical (unpaired) electrons. The molecular weight excluding hydrogens is 436 g/mol. The summed E-state index contributed by atoms with van der Waals surface area (Å²) < 4.78 is 12.3. The molecule has 4 heteroatoms. The topological polar surface area (TPSA) is 55.8 Å². The number of carbonyl (C=O) groups is 1. The van der Waals surface area contributed by atoms with Crippen LogP contribution in [-0.4, -0.2) is 23.3 Å². The van der Waals surface area contributed by atoms with E-state index in [0.29, 0.717) is 5.75 Å². The normalized spacial score (nSPS) is 19.2. The molecule has 0 bridgehead atoms. The summed E-state index contributed by atoms with van der Waals surface area (Å²) in [6.45, 7) is 17.5. The summed E-state index contributed by atoms with van der Waals surface area (Å²) in [7, 11) is 0. The fourth-order valence-electron chi connectivity index (χ4n) is 5.63. The second-order valence-electron chi connectivity index (χ2n) is 12.1. The highest BCUT2D eigenvalue weighted by Gasteiger charge is 2.34. The van der Waals surface area contributed by atoms with Crippen molar-refractivity contribution in [1.29, 1.82) is 0 Å². The van der Waals surface area contributed by atoms with E-state index in [1.807, 2.05) is 13.8 Å². The van der Waals surface area contributed by atoms with Gasteiger partial charge in [0, 0.05) is 5.56 Å². The van der Waals surface area contributed by atoms with Gasteiger partial charge in [-0.2, -0.15) is 0 Å². The zero-order valence-corrected chi connectivity index (χ0v) is 23.9. The van der Waals surface area contributed by atoms with Crippen molar-refractivity contribution >= 4 is 5.97 Å². The lowest BCUT2D eigenvalue weighted by atomic mass is 9.83. The van der Waals surface area contributed by atoms with E-state index in [4.69, 9.17) is 14.6 Å². The highest BCUT2D eigenvalue weighted by Crippen LogP contribution is 2.45. The lowest BCUT2D eigenvalue weighted by Crippen LogP contribution is -2.37. The number of fused-ring (bicyclic) bond motifs is 1. The van der Waals surface area contributed by atoms with Crippen LogP contribution in [-0.2, 0) is 11.2 Å². The summed E-state index contributed by atoms with van der Waals surface area (Å²) in [5.41, 5.74) is 4.22. The van der Waals surface area contributed by atoms with Crippen LogP contribution >= 0.6 is 0 Å². The van der Waals surface area contributed by atoms with Crippen LogP contribution in [0.4, 0.5) is 0 Å². The Hall–Kier alpha value is -1.71. The molecule has 3 atom stereocenters. The Morgan fingerprint density at radius 2 is 1.49 bits per heavy atom. The molecule has 1 aromatic carbocycles. The van der Waals surface area contributed by atoms with Gasteiger partial charge in [-0.1, -0.05) is 72.6 Å². The molecule has 0 spiro atoms. The summed E-state index contributed by atoms with van der Waals surface area (Å²) in [6, 6.07) is 0. The molecule has 0 saturated carbocycles.